The molecule has 0 fully saturated rings. The highest BCUT2D eigenvalue weighted by atomic mass is 32.2. The fourth-order valence-corrected chi connectivity index (χ4v) is 12.7. The number of rotatable bonds is 5. The van der Waals surface area contributed by atoms with Crippen LogP contribution >= 0.6 is 19.7 Å². The first-order chi connectivity index (χ1) is 25.5. The summed E-state index contributed by atoms with van der Waals surface area (Å²) in [6.45, 7) is 0. The summed E-state index contributed by atoms with van der Waals surface area (Å²) >= 11 is 1.91. The van der Waals surface area contributed by atoms with Crippen molar-refractivity contribution in [1.29, 1.82) is 0 Å². The van der Waals surface area contributed by atoms with Crippen LogP contribution in [0.15, 0.2) is 162 Å². The second kappa shape index (κ2) is 12.4. The average Bonchev–Trinajstić information content (AvgIpc) is 3.75. The number of fused-ring (bicyclic) bond motifs is 5. The zero-order valence-electron chi connectivity index (χ0n) is 29.4. The number of hydrogen-bond donors (Lipinski definition) is 0. The van der Waals surface area contributed by atoms with Crippen LogP contribution in [0.25, 0.3) is 11.1 Å². The van der Waals surface area contributed by atoms with Gasteiger partial charge in [0.15, 0.2) is 0 Å². The van der Waals surface area contributed by atoms with Crippen LogP contribution in [0.3, 0.4) is 0 Å². The van der Waals surface area contributed by atoms with Crippen LogP contribution in [-0.4, -0.2) is 29.5 Å². The fourth-order valence-electron chi connectivity index (χ4n) is 8.49. The lowest BCUT2D eigenvalue weighted by Crippen LogP contribution is -2.24. The van der Waals surface area contributed by atoms with Crippen molar-refractivity contribution in [3.05, 3.63) is 168 Å². The van der Waals surface area contributed by atoms with Gasteiger partial charge in [0.25, 0.3) is 5.82 Å². The summed E-state index contributed by atoms with van der Waals surface area (Å²) in [4.78, 5) is 7.54. The molecule has 10 rings (SSSR count). The largest absolute Gasteiger partial charge is 0.341 e. The van der Waals surface area contributed by atoms with E-state index >= 15 is 0 Å². The molecule has 0 spiro atoms. The van der Waals surface area contributed by atoms with Crippen molar-refractivity contribution < 1.29 is 4.58 Å². The molecule has 4 heterocycles. The van der Waals surface area contributed by atoms with Crippen molar-refractivity contribution >= 4 is 70.8 Å². The lowest BCUT2D eigenvalue weighted by atomic mass is 9.98. The predicted molar refractivity (Wildman–Crippen MR) is 221 cm³/mol. The Labute approximate surface area is 311 Å². The third kappa shape index (κ3) is 4.91. The summed E-state index contributed by atoms with van der Waals surface area (Å²) in [6.07, 6.45) is 5.53. The van der Waals surface area contributed by atoms with Gasteiger partial charge in [-0.3, -0.25) is 0 Å². The highest BCUT2D eigenvalue weighted by Crippen LogP contribution is 2.61. The van der Waals surface area contributed by atoms with Crippen molar-refractivity contribution in [1.82, 2.24) is 4.57 Å². The van der Waals surface area contributed by atoms with Gasteiger partial charge in [0, 0.05) is 40.2 Å². The Morgan fingerprint density at radius 2 is 1.29 bits per heavy atom. The Morgan fingerprint density at radius 1 is 0.635 bits per heavy atom. The molecule has 3 aliphatic rings. The van der Waals surface area contributed by atoms with Crippen molar-refractivity contribution in [2.24, 2.45) is 7.05 Å². The maximum atomic E-state index is 2.51. The van der Waals surface area contributed by atoms with Gasteiger partial charge in [-0.05, 0) is 83.8 Å². The number of aryl methyl sites for hydroxylation is 1. The first kappa shape index (κ1) is 31.4. The lowest BCUT2D eigenvalue weighted by Gasteiger charge is -2.40. The smallest absolute Gasteiger partial charge is 0.284 e. The predicted octanol–water partition coefficient (Wildman–Crippen LogP) is 10.8. The Bertz CT molecular complexity index is 2500. The average molecular weight is 710 g/mol. The molecule has 0 radical (unpaired) electrons. The Kier molecular flexibility index (Phi) is 7.49. The standard InChI is InChI=1S/C46H38N4PS/c1-47-27-26-35-38(30-48(2)46(35)47)31-22-24-40-42(28-31)50(41-20-12-11-19-39(41)49(40)3)32-23-25-44-37(29-32)45(36-18-10-13-21-43(36)52-44)51(33-14-6-4-7-15-33)34-16-8-5-9-17-34/h4-25,27-30,45H,26H2,1-3H3/q+1. The maximum Gasteiger partial charge on any atom is 0.284 e. The normalized spacial score (nSPS) is 15.5. The zero-order chi connectivity index (χ0) is 34.9. The van der Waals surface area contributed by atoms with Crippen LogP contribution < -0.4 is 20.4 Å². The van der Waals surface area contributed by atoms with E-state index in [0.29, 0.717) is 0 Å². The van der Waals surface area contributed by atoms with Crippen LogP contribution in [0, 0.1) is 0 Å². The van der Waals surface area contributed by atoms with Gasteiger partial charge in [-0.1, -0.05) is 109 Å². The summed E-state index contributed by atoms with van der Waals surface area (Å²) in [7, 11) is 5.73. The van der Waals surface area contributed by atoms with E-state index < -0.39 is 7.92 Å². The first-order valence-corrected chi connectivity index (χ1v) is 20.1. The molecule has 1 unspecified atom stereocenters. The second-order valence-electron chi connectivity index (χ2n) is 13.8. The molecule has 0 saturated heterocycles. The number of aromatic nitrogens is 1. The van der Waals surface area contributed by atoms with Gasteiger partial charge in [0.1, 0.15) is 0 Å². The molecule has 0 aliphatic carbocycles. The molecule has 1 atom stereocenters. The molecule has 1 aromatic heterocycles. The number of benzene rings is 6. The van der Waals surface area contributed by atoms with E-state index in [4.69, 9.17) is 0 Å². The molecule has 252 valence electrons. The summed E-state index contributed by atoms with van der Waals surface area (Å²) < 4.78 is 4.52. The molecule has 3 aliphatic heterocycles. The molecule has 0 saturated carbocycles. The van der Waals surface area contributed by atoms with Crippen LogP contribution in [-0.2, 0) is 13.5 Å². The van der Waals surface area contributed by atoms with Gasteiger partial charge in [0.05, 0.1) is 54.8 Å². The minimum atomic E-state index is -0.774. The van der Waals surface area contributed by atoms with Crippen molar-refractivity contribution in [3.63, 3.8) is 0 Å². The van der Waals surface area contributed by atoms with Gasteiger partial charge in [0.2, 0.25) is 0 Å². The molecule has 0 N–H and O–H groups in total. The van der Waals surface area contributed by atoms with Gasteiger partial charge in [-0.25, -0.2) is 9.14 Å². The van der Waals surface area contributed by atoms with Crippen molar-refractivity contribution in [3.8, 4) is 11.1 Å². The van der Waals surface area contributed by atoms with Crippen LogP contribution in [0.1, 0.15) is 22.3 Å². The van der Waals surface area contributed by atoms with E-state index in [0.717, 1.165) is 6.42 Å². The van der Waals surface area contributed by atoms with Crippen molar-refractivity contribution in [2.45, 2.75) is 21.9 Å². The van der Waals surface area contributed by atoms with Gasteiger partial charge < -0.3 is 9.80 Å². The number of para-hydroxylation sites is 2. The van der Waals surface area contributed by atoms with Crippen LogP contribution in [0.5, 0.6) is 0 Å². The molecule has 52 heavy (non-hydrogen) atoms. The molecule has 0 amide bonds. The third-order valence-electron chi connectivity index (χ3n) is 10.8. The van der Waals surface area contributed by atoms with E-state index in [9.17, 15) is 0 Å². The van der Waals surface area contributed by atoms with Crippen molar-refractivity contribution in [2.75, 3.05) is 23.9 Å². The lowest BCUT2D eigenvalue weighted by molar-refractivity contribution is -0.403. The number of hydrogen-bond acceptors (Lipinski definition) is 3. The second-order valence-corrected chi connectivity index (χ2v) is 17.2. The summed E-state index contributed by atoms with van der Waals surface area (Å²) in [5, 5.41) is 2.79. The van der Waals surface area contributed by atoms with Gasteiger partial charge in [-0.15, -0.1) is 0 Å². The summed E-state index contributed by atoms with van der Waals surface area (Å²) in [5.74, 6) is 1.28. The molecular formula is C46H38N4PS+. The SMILES string of the molecule is CN1c2ccccc2N(c2ccc3c(c2)C(P(c2ccccc2)c2ccccc2)c2ccccc2S3)c2cc(-c3cn(C)c4c3CC=[N+]4C)ccc21. The molecular weight excluding hydrogens is 672 g/mol. The summed E-state index contributed by atoms with van der Waals surface area (Å²) in [6, 6.07) is 54.5. The quantitative estimate of drug-likeness (QED) is 0.131. The third-order valence-corrected chi connectivity index (χ3v) is 14.8. The minimum Gasteiger partial charge on any atom is -0.341 e. The van der Waals surface area contributed by atoms with E-state index in [2.05, 4.69) is 198 Å². The minimum absolute atomic E-state index is 0.195. The zero-order valence-corrected chi connectivity index (χ0v) is 31.2. The van der Waals surface area contributed by atoms with E-state index in [1.807, 2.05) is 11.8 Å². The Morgan fingerprint density at radius 3 is 2.06 bits per heavy atom. The first-order valence-electron chi connectivity index (χ1n) is 17.9. The van der Waals surface area contributed by atoms with Gasteiger partial charge in [-0.2, -0.15) is 0 Å². The Balaban J connectivity index is 1.18. The monoisotopic (exact) mass is 709 g/mol. The fraction of sp³-hybridized carbons (Fsp3) is 0.109. The molecule has 6 aromatic carbocycles. The van der Waals surface area contributed by atoms with E-state index in [-0.39, 0.29) is 5.66 Å². The molecule has 0 bridgehead atoms. The van der Waals surface area contributed by atoms with E-state index in [1.54, 1.807) is 0 Å². The number of nitrogens with zero attached hydrogens (tertiary/aromatic N) is 4. The highest BCUT2D eigenvalue weighted by Gasteiger charge is 2.36. The van der Waals surface area contributed by atoms with Crippen LogP contribution in [0.2, 0.25) is 0 Å². The molecule has 7 aromatic rings. The molecule has 4 nitrogen and oxygen atoms in total. The van der Waals surface area contributed by atoms with Gasteiger partial charge >= 0.3 is 0 Å². The van der Waals surface area contributed by atoms with E-state index in [1.165, 1.54) is 82.5 Å². The highest BCUT2D eigenvalue weighted by molar-refractivity contribution is 7.99. The van der Waals surface area contributed by atoms with Crippen LogP contribution in [0.4, 0.5) is 34.3 Å². The molecule has 6 heteroatoms. The number of anilines is 5. The topological polar surface area (TPSA) is 14.4 Å². The Hall–Kier alpha value is -5.35. The summed E-state index contributed by atoms with van der Waals surface area (Å²) in [5.41, 5.74) is 12.9. The maximum absolute atomic E-state index is 2.51.